The highest BCUT2D eigenvalue weighted by molar-refractivity contribution is 5.85. The summed E-state index contributed by atoms with van der Waals surface area (Å²) in [6.45, 7) is 9.70. The predicted molar refractivity (Wildman–Crippen MR) is 88.0 cm³/mol. The lowest BCUT2D eigenvalue weighted by Gasteiger charge is -2.15. The smallest absolute Gasteiger partial charge is 0.307 e. The Morgan fingerprint density at radius 3 is 2.64 bits per heavy atom. The highest BCUT2D eigenvalue weighted by atomic mass is 35.5. The molecule has 2 heterocycles. The molecule has 22 heavy (non-hydrogen) atoms. The Labute approximate surface area is 138 Å². The van der Waals surface area contributed by atoms with Crippen LogP contribution in [0.1, 0.15) is 30.3 Å². The van der Waals surface area contributed by atoms with Crippen molar-refractivity contribution in [2.75, 3.05) is 20.2 Å². The van der Waals surface area contributed by atoms with Gasteiger partial charge in [-0.2, -0.15) is 5.10 Å². The summed E-state index contributed by atoms with van der Waals surface area (Å²) in [6.07, 6.45) is 0.351. The predicted octanol–water partition coefficient (Wildman–Crippen LogP) is 1.26. The molecular formula is C15H27ClN4O2. The molecule has 2 atom stereocenters. The van der Waals surface area contributed by atoms with Crippen LogP contribution in [0.5, 0.6) is 0 Å². The van der Waals surface area contributed by atoms with Crippen LogP contribution in [0.2, 0.25) is 0 Å². The Morgan fingerprint density at radius 2 is 2.09 bits per heavy atom. The summed E-state index contributed by atoms with van der Waals surface area (Å²) in [6, 6.07) is 0.264. The number of ether oxygens (including phenoxy) is 1. The van der Waals surface area contributed by atoms with Gasteiger partial charge in [0, 0.05) is 36.9 Å². The first kappa shape index (κ1) is 18.9. The van der Waals surface area contributed by atoms with E-state index in [9.17, 15) is 4.79 Å². The van der Waals surface area contributed by atoms with Crippen molar-refractivity contribution in [2.45, 2.75) is 46.3 Å². The number of carbonyl (C=O) groups excluding carboxylic acids is 1. The molecule has 0 spiro atoms. The van der Waals surface area contributed by atoms with E-state index in [0.717, 1.165) is 31.0 Å². The van der Waals surface area contributed by atoms with E-state index in [0.29, 0.717) is 18.9 Å². The van der Waals surface area contributed by atoms with Gasteiger partial charge in [0.15, 0.2) is 0 Å². The van der Waals surface area contributed by atoms with Crippen molar-refractivity contribution >= 4 is 18.4 Å². The van der Waals surface area contributed by atoms with Gasteiger partial charge in [0.2, 0.25) is 0 Å². The zero-order chi connectivity index (χ0) is 15.6. The molecule has 1 aliphatic rings. The Morgan fingerprint density at radius 1 is 1.41 bits per heavy atom. The molecule has 1 aromatic rings. The van der Waals surface area contributed by atoms with E-state index in [1.165, 1.54) is 12.7 Å². The van der Waals surface area contributed by atoms with Crippen molar-refractivity contribution < 1.29 is 9.53 Å². The number of methoxy groups -OCH3 is 1. The number of likely N-dealkylation sites (tertiary alicyclic amines) is 1. The van der Waals surface area contributed by atoms with Crippen LogP contribution in [0.15, 0.2) is 0 Å². The minimum absolute atomic E-state index is 0. The summed E-state index contributed by atoms with van der Waals surface area (Å²) in [7, 11) is 1.41. The third-order valence-corrected chi connectivity index (χ3v) is 4.41. The average Bonchev–Trinajstić information content (AvgIpc) is 2.90. The van der Waals surface area contributed by atoms with Gasteiger partial charge in [-0.3, -0.25) is 14.4 Å². The van der Waals surface area contributed by atoms with Crippen LogP contribution in [-0.4, -0.2) is 46.9 Å². The summed E-state index contributed by atoms with van der Waals surface area (Å²) in [4.78, 5) is 13.6. The summed E-state index contributed by atoms with van der Waals surface area (Å²) in [5, 5.41) is 4.55. The first-order valence-electron chi connectivity index (χ1n) is 7.50. The molecule has 2 rings (SSSR count). The molecular weight excluding hydrogens is 304 g/mol. The van der Waals surface area contributed by atoms with Crippen LogP contribution < -0.4 is 5.73 Å². The van der Waals surface area contributed by atoms with E-state index in [1.54, 1.807) is 0 Å². The number of aromatic nitrogens is 2. The quantitative estimate of drug-likeness (QED) is 0.823. The first-order valence-corrected chi connectivity index (χ1v) is 7.50. The number of halogens is 1. The van der Waals surface area contributed by atoms with Crippen molar-refractivity contribution in [3.63, 3.8) is 0 Å². The monoisotopic (exact) mass is 330 g/mol. The molecule has 0 radical (unpaired) electrons. The van der Waals surface area contributed by atoms with Gasteiger partial charge in [-0.05, 0) is 19.8 Å². The van der Waals surface area contributed by atoms with Crippen molar-refractivity contribution in [2.24, 2.45) is 11.7 Å². The molecule has 0 aromatic carbocycles. The highest BCUT2D eigenvalue weighted by Gasteiger charge is 2.27. The second kappa shape index (κ2) is 7.94. The van der Waals surface area contributed by atoms with E-state index in [2.05, 4.69) is 28.6 Å². The molecule has 1 saturated heterocycles. The lowest BCUT2D eigenvalue weighted by atomic mass is 10.1. The molecule has 2 N–H and O–H groups in total. The maximum atomic E-state index is 11.3. The number of hydrogen-bond acceptors (Lipinski definition) is 5. The fraction of sp³-hybridized carbons (Fsp3) is 0.733. The maximum Gasteiger partial charge on any atom is 0.307 e. The van der Waals surface area contributed by atoms with Crippen molar-refractivity contribution in [1.29, 1.82) is 0 Å². The molecule has 6 nitrogen and oxygen atoms in total. The van der Waals surface area contributed by atoms with Gasteiger partial charge < -0.3 is 10.5 Å². The normalized spacial score (nSPS) is 21.7. The summed E-state index contributed by atoms with van der Waals surface area (Å²) in [5.74, 6) is 0.337. The molecule has 0 amide bonds. The second-order valence-electron chi connectivity index (χ2n) is 6.03. The Kier molecular flexibility index (Phi) is 6.84. The fourth-order valence-electron chi connectivity index (χ4n) is 2.93. The van der Waals surface area contributed by atoms with Crippen molar-refractivity contribution in [3.8, 4) is 0 Å². The number of nitrogens with two attached hydrogens (primary N) is 1. The first-order chi connectivity index (χ1) is 9.92. The van der Waals surface area contributed by atoms with E-state index < -0.39 is 0 Å². The van der Waals surface area contributed by atoms with E-state index in [-0.39, 0.29) is 24.4 Å². The second-order valence-corrected chi connectivity index (χ2v) is 6.03. The van der Waals surface area contributed by atoms with Crippen LogP contribution in [0.3, 0.4) is 0 Å². The zero-order valence-electron chi connectivity index (χ0n) is 13.8. The molecule has 2 unspecified atom stereocenters. The van der Waals surface area contributed by atoms with Gasteiger partial charge in [-0.15, -0.1) is 12.4 Å². The molecule has 1 fully saturated rings. The molecule has 126 valence electrons. The topological polar surface area (TPSA) is 73.4 Å². The molecule has 0 bridgehead atoms. The number of hydrogen-bond donors (Lipinski definition) is 1. The number of nitrogens with zero attached hydrogens (tertiary/aromatic N) is 3. The Balaban J connectivity index is 0.00000242. The average molecular weight is 331 g/mol. The molecule has 0 saturated carbocycles. The van der Waals surface area contributed by atoms with Crippen LogP contribution in [0.25, 0.3) is 0 Å². The number of esters is 1. The maximum absolute atomic E-state index is 11.3. The van der Waals surface area contributed by atoms with E-state index in [1.807, 2.05) is 11.6 Å². The largest absolute Gasteiger partial charge is 0.469 e. The Hall–Kier alpha value is -1.11. The number of aryl methyl sites for hydroxylation is 2. The minimum atomic E-state index is -0.205. The summed E-state index contributed by atoms with van der Waals surface area (Å²) >= 11 is 0. The van der Waals surface area contributed by atoms with Gasteiger partial charge in [0.25, 0.3) is 0 Å². The molecule has 7 heteroatoms. The summed E-state index contributed by atoms with van der Waals surface area (Å²) < 4.78 is 6.58. The lowest BCUT2D eigenvalue weighted by Crippen LogP contribution is -2.28. The van der Waals surface area contributed by atoms with Gasteiger partial charge in [0.05, 0.1) is 25.8 Å². The molecule has 1 aliphatic heterocycles. The summed E-state index contributed by atoms with van der Waals surface area (Å²) in [5.41, 5.74) is 9.50. The van der Waals surface area contributed by atoms with Gasteiger partial charge >= 0.3 is 5.97 Å². The van der Waals surface area contributed by atoms with Crippen LogP contribution in [0, 0.1) is 19.8 Å². The highest BCUT2D eigenvalue weighted by Crippen LogP contribution is 2.21. The van der Waals surface area contributed by atoms with Crippen LogP contribution in [-0.2, 0) is 22.6 Å². The van der Waals surface area contributed by atoms with Gasteiger partial charge in [-0.1, -0.05) is 6.92 Å². The van der Waals surface area contributed by atoms with Crippen LogP contribution >= 0.6 is 12.4 Å². The van der Waals surface area contributed by atoms with Gasteiger partial charge in [0.1, 0.15) is 0 Å². The number of carbonyl (C=O) groups is 1. The molecule has 0 aliphatic carbocycles. The third kappa shape index (κ3) is 4.21. The fourth-order valence-corrected chi connectivity index (χ4v) is 2.93. The van der Waals surface area contributed by atoms with Crippen LogP contribution in [0.4, 0.5) is 0 Å². The number of rotatable bonds is 5. The van der Waals surface area contributed by atoms with E-state index >= 15 is 0 Å². The molecule has 1 aromatic heterocycles. The van der Waals surface area contributed by atoms with Crippen molar-refractivity contribution in [3.05, 3.63) is 17.0 Å². The zero-order valence-corrected chi connectivity index (χ0v) is 14.7. The third-order valence-electron chi connectivity index (χ3n) is 4.41. The van der Waals surface area contributed by atoms with Crippen molar-refractivity contribution in [1.82, 2.24) is 14.7 Å². The standard InChI is InChI=1S/C15H26N4O2.ClH/c1-10-7-18(9-14(10)16)8-13-11(2)17-19(12(13)3)6-5-15(20)21-4;/h10,14H,5-9,16H2,1-4H3;1H. The lowest BCUT2D eigenvalue weighted by molar-refractivity contribution is -0.140. The van der Waals surface area contributed by atoms with E-state index in [4.69, 9.17) is 5.73 Å². The van der Waals surface area contributed by atoms with Gasteiger partial charge in [-0.25, -0.2) is 0 Å². The Bertz CT molecular complexity index is 508. The SMILES string of the molecule is COC(=O)CCn1nc(C)c(CN2CC(C)C(N)C2)c1C.Cl. The minimum Gasteiger partial charge on any atom is -0.469 e.